The molecule has 0 aromatic carbocycles. The molecule has 2 heterocycles. The topological polar surface area (TPSA) is 44.8 Å². The van der Waals surface area contributed by atoms with Crippen LogP contribution in [0.15, 0.2) is 0 Å². The molecule has 1 amide bonds. The lowest BCUT2D eigenvalue weighted by molar-refractivity contribution is 0.0478. The summed E-state index contributed by atoms with van der Waals surface area (Å²) in [5.74, 6) is 0. The van der Waals surface area contributed by atoms with Gasteiger partial charge in [-0.2, -0.15) is 0 Å². The molecular weight excluding hydrogens is 290 g/mol. The fourth-order valence-electron chi connectivity index (χ4n) is 3.48. The number of alkyl carbamates (subject to hydrolysis) is 1. The molecule has 0 aliphatic carbocycles. The first-order valence-corrected chi connectivity index (χ1v) is 9.36. The Balaban J connectivity index is 1.55. The third kappa shape index (κ3) is 7.53. The molecule has 2 fully saturated rings. The molecule has 5 heteroatoms. The Morgan fingerprint density at radius 1 is 1.00 bits per heavy atom. The summed E-state index contributed by atoms with van der Waals surface area (Å²) in [5.41, 5.74) is -0.417. The van der Waals surface area contributed by atoms with E-state index in [4.69, 9.17) is 4.74 Å². The van der Waals surface area contributed by atoms with Crippen molar-refractivity contribution in [2.75, 3.05) is 39.3 Å². The Hall–Kier alpha value is -0.810. The minimum absolute atomic E-state index is 0.267. The fourth-order valence-corrected chi connectivity index (χ4v) is 3.48. The van der Waals surface area contributed by atoms with Crippen molar-refractivity contribution < 1.29 is 9.53 Å². The van der Waals surface area contributed by atoms with Crippen LogP contribution in [0.25, 0.3) is 0 Å². The van der Waals surface area contributed by atoms with E-state index in [1.54, 1.807) is 0 Å². The Labute approximate surface area is 141 Å². The van der Waals surface area contributed by atoms with Gasteiger partial charge in [0, 0.05) is 19.1 Å². The Morgan fingerprint density at radius 3 is 2.13 bits per heavy atom. The Bertz CT molecular complexity index is 354. The molecule has 1 N–H and O–H groups in total. The second-order valence-electron chi connectivity index (χ2n) is 8.02. The second kappa shape index (κ2) is 8.88. The number of piperidine rings is 2. The normalized spacial score (nSPS) is 22.0. The number of hydrogen-bond acceptors (Lipinski definition) is 4. The van der Waals surface area contributed by atoms with Crippen molar-refractivity contribution in [3.63, 3.8) is 0 Å². The average Bonchev–Trinajstić information content (AvgIpc) is 2.48. The van der Waals surface area contributed by atoms with Crippen molar-refractivity contribution in [2.45, 2.75) is 70.9 Å². The van der Waals surface area contributed by atoms with Crippen molar-refractivity contribution in [3.8, 4) is 0 Å². The number of nitrogens with zero attached hydrogens (tertiary/aromatic N) is 2. The number of carbonyl (C=O) groups excluding carboxylic acids is 1. The molecule has 2 aliphatic rings. The fraction of sp³-hybridized carbons (Fsp3) is 0.944. The standard InChI is InChI=1S/C18H35N3O2/c1-18(2,3)23-17(22)19-16-8-14-21(15-9-16)13-7-12-20-10-5-4-6-11-20/h16H,4-15H2,1-3H3,(H,19,22). The van der Waals surface area contributed by atoms with Gasteiger partial charge in [-0.15, -0.1) is 0 Å². The molecule has 134 valence electrons. The van der Waals surface area contributed by atoms with Crippen LogP contribution < -0.4 is 5.32 Å². The molecule has 0 bridgehead atoms. The molecule has 0 spiro atoms. The molecule has 0 aromatic heterocycles. The third-order valence-electron chi connectivity index (χ3n) is 4.71. The summed E-state index contributed by atoms with van der Waals surface area (Å²) in [6.07, 6.45) is 7.22. The second-order valence-corrected chi connectivity index (χ2v) is 8.02. The minimum atomic E-state index is -0.417. The van der Waals surface area contributed by atoms with Gasteiger partial charge < -0.3 is 19.9 Å². The molecule has 0 unspecified atom stereocenters. The van der Waals surface area contributed by atoms with E-state index in [2.05, 4.69) is 15.1 Å². The number of likely N-dealkylation sites (tertiary alicyclic amines) is 2. The largest absolute Gasteiger partial charge is 0.444 e. The van der Waals surface area contributed by atoms with E-state index in [1.165, 1.54) is 51.9 Å². The molecule has 0 atom stereocenters. The minimum Gasteiger partial charge on any atom is -0.444 e. The lowest BCUT2D eigenvalue weighted by atomic mass is 10.0. The summed E-state index contributed by atoms with van der Waals surface area (Å²) in [7, 11) is 0. The maximum Gasteiger partial charge on any atom is 0.407 e. The lowest BCUT2D eigenvalue weighted by Gasteiger charge is -2.33. The molecule has 2 saturated heterocycles. The number of rotatable bonds is 5. The van der Waals surface area contributed by atoms with E-state index in [0.717, 1.165) is 25.9 Å². The summed E-state index contributed by atoms with van der Waals surface area (Å²) >= 11 is 0. The highest BCUT2D eigenvalue weighted by molar-refractivity contribution is 5.68. The van der Waals surface area contributed by atoms with Gasteiger partial charge in [-0.3, -0.25) is 0 Å². The molecule has 2 aliphatic heterocycles. The number of ether oxygens (including phenoxy) is 1. The highest BCUT2D eigenvalue weighted by atomic mass is 16.6. The Morgan fingerprint density at radius 2 is 1.57 bits per heavy atom. The smallest absolute Gasteiger partial charge is 0.407 e. The van der Waals surface area contributed by atoms with Crippen LogP contribution in [-0.4, -0.2) is 66.8 Å². The lowest BCUT2D eigenvalue weighted by Crippen LogP contribution is -2.46. The van der Waals surface area contributed by atoms with Crippen LogP contribution in [0.2, 0.25) is 0 Å². The highest BCUT2D eigenvalue weighted by Crippen LogP contribution is 2.14. The van der Waals surface area contributed by atoms with Crippen LogP contribution in [0, 0.1) is 0 Å². The van der Waals surface area contributed by atoms with Crippen LogP contribution >= 0.6 is 0 Å². The summed E-state index contributed by atoms with van der Waals surface area (Å²) < 4.78 is 5.33. The first-order chi connectivity index (χ1) is 10.9. The summed E-state index contributed by atoms with van der Waals surface area (Å²) in [6, 6.07) is 0.267. The molecule has 0 radical (unpaired) electrons. The van der Waals surface area contributed by atoms with Gasteiger partial charge in [0.05, 0.1) is 0 Å². The average molecular weight is 325 g/mol. The molecule has 2 rings (SSSR count). The van der Waals surface area contributed by atoms with Crippen molar-refractivity contribution >= 4 is 6.09 Å². The molecule has 0 aromatic rings. The van der Waals surface area contributed by atoms with E-state index in [0.29, 0.717) is 0 Å². The highest BCUT2D eigenvalue weighted by Gasteiger charge is 2.23. The van der Waals surface area contributed by atoms with Crippen LogP contribution in [0.5, 0.6) is 0 Å². The van der Waals surface area contributed by atoms with Gasteiger partial charge in [-0.25, -0.2) is 4.79 Å². The summed E-state index contributed by atoms with van der Waals surface area (Å²) in [6.45, 7) is 12.9. The van der Waals surface area contributed by atoms with Gasteiger partial charge in [0.1, 0.15) is 5.60 Å². The molecule has 0 saturated carbocycles. The quantitative estimate of drug-likeness (QED) is 0.844. The summed E-state index contributed by atoms with van der Waals surface area (Å²) in [5, 5.41) is 3.01. The first-order valence-electron chi connectivity index (χ1n) is 9.36. The van der Waals surface area contributed by atoms with E-state index in [9.17, 15) is 4.79 Å². The number of nitrogens with one attached hydrogen (secondary N) is 1. The SMILES string of the molecule is CC(C)(C)OC(=O)NC1CCN(CCCN2CCCCC2)CC1. The molecule has 5 nitrogen and oxygen atoms in total. The number of carbonyl (C=O) groups is 1. The zero-order valence-electron chi connectivity index (χ0n) is 15.3. The van der Waals surface area contributed by atoms with Crippen LogP contribution in [-0.2, 0) is 4.74 Å². The van der Waals surface area contributed by atoms with Crippen LogP contribution in [0.3, 0.4) is 0 Å². The van der Waals surface area contributed by atoms with Gasteiger partial charge in [-0.1, -0.05) is 6.42 Å². The van der Waals surface area contributed by atoms with Crippen molar-refractivity contribution in [1.29, 1.82) is 0 Å². The first kappa shape index (κ1) is 18.5. The van der Waals surface area contributed by atoms with E-state index in [1.807, 2.05) is 20.8 Å². The maximum absolute atomic E-state index is 11.8. The predicted octanol–water partition coefficient (Wildman–Crippen LogP) is 2.85. The monoisotopic (exact) mass is 325 g/mol. The van der Waals surface area contributed by atoms with Crippen LogP contribution in [0.4, 0.5) is 4.79 Å². The van der Waals surface area contributed by atoms with Crippen molar-refractivity contribution in [2.24, 2.45) is 0 Å². The van der Waals surface area contributed by atoms with E-state index in [-0.39, 0.29) is 12.1 Å². The summed E-state index contributed by atoms with van der Waals surface area (Å²) in [4.78, 5) is 17.0. The predicted molar refractivity (Wildman–Crippen MR) is 93.7 cm³/mol. The van der Waals surface area contributed by atoms with Crippen molar-refractivity contribution in [1.82, 2.24) is 15.1 Å². The van der Waals surface area contributed by atoms with Gasteiger partial charge in [0.25, 0.3) is 0 Å². The van der Waals surface area contributed by atoms with Gasteiger partial charge in [0.15, 0.2) is 0 Å². The molecular formula is C18H35N3O2. The number of amides is 1. The van der Waals surface area contributed by atoms with E-state index >= 15 is 0 Å². The van der Waals surface area contributed by atoms with Gasteiger partial charge in [0.2, 0.25) is 0 Å². The Kier molecular flexibility index (Phi) is 7.15. The molecule has 23 heavy (non-hydrogen) atoms. The van der Waals surface area contributed by atoms with Gasteiger partial charge >= 0.3 is 6.09 Å². The van der Waals surface area contributed by atoms with E-state index < -0.39 is 5.60 Å². The maximum atomic E-state index is 11.8. The zero-order valence-corrected chi connectivity index (χ0v) is 15.3. The van der Waals surface area contributed by atoms with Gasteiger partial charge in [-0.05, 0) is 79.1 Å². The third-order valence-corrected chi connectivity index (χ3v) is 4.71. The van der Waals surface area contributed by atoms with Crippen molar-refractivity contribution in [3.05, 3.63) is 0 Å². The number of hydrogen-bond donors (Lipinski definition) is 1. The zero-order chi connectivity index (χ0) is 16.7. The van der Waals surface area contributed by atoms with Crippen LogP contribution in [0.1, 0.15) is 59.3 Å².